The van der Waals surface area contributed by atoms with Gasteiger partial charge in [-0.1, -0.05) is 30.6 Å². The van der Waals surface area contributed by atoms with Crippen molar-refractivity contribution < 1.29 is 5.21 Å². The number of benzene rings is 1. The Balaban J connectivity index is 2.54. The Hall–Kier alpha value is -0.940. The molecule has 0 saturated carbocycles. The summed E-state index contributed by atoms with van der Waals surface area (Å²) in [6, 6.07) is 5.64. The van der Waals surface area contributed by atoms with Crippen LogP contribution in [0, 0.1) is 5.41 Å². The van der Waals surface area contributed by atoms with Crippen LogP contribution in [0.3, 0.4) is 0 Å². The average Bonchev–Trinajstić information content (AvgIpc) is 2.32. The summed E-state index contributed by atoms with van der Waals surface area (Å²) < 4.78 is 0.852. The van der Waals surface area contributed by atoms with Crippen molar-refractivity contribution >= 4 is 39.1 Å². The minimum absolute atomic E-state index is 0.238. The quantitative estimate of drug-likeness (QED) is 0.333. The van der Waals surface area contributed by atoms with E-state index in [1.165, 1.54) is 0 Å². The van der Waals surface area contributed by atoms with E-state index in [2.05, 4.69) is 26.4 Å². The van der Waals surface area contributed by atoms with Crippen LogP contribution in [0.25, 0.3) is 0 Å². The SMILES string of the molecule is CC(C)(CCNc1ccc(Cl)c(Br)c1)/C(N)=N/O. The first-order valence-corrected chi connectivity index (χ1v) is 6.71. The lowest BCUT2D eigenvalue weighted by atomic mass is 9.88. The van der Waals surface area contributed by atoms with Crippen LogP contribution >= 0.6 is 27.5 Å². The van der Waals surface area contributed by atoms with E-state index in [9.17, 15) is 0 Å². The minimum atomic E-state index is -0.342. The Morgan fingerprint density at radius 1 is 1.56 bits per heavy atom. The lowest BCUT2D eigenvalue weighted by Gasteiger charge is -2.23. The van der Waals surface area contributed by atoms with Crippen LogP contribution in [-0.4, -0.2) is 17.6 Å². The Morgan fingerprint density at radius 2 is 2.22 bits per heavy atom. The van der Waals surface area contributed by atoms with Gasteiger partial charge in [0.15, 0.2) is 0 Å². The van der Waals surface area contributed by atoms with Crippen molar-refractivity contribution in [1.82, 2.24) is 0 Å². The molecule has 0 bridgehead atoms. The van der Waals surface area contributed by atoms with Gasteiger partial charge in [-0.2, -0.15) is 0 Å². The molecule has 6 heteroatoms. The third kappa shape index (κ3) is 4.07. The summed E-state index contributed by atoms with van der Waals surface area (Å²) >= 11 is 9.28. The van der Waals surface area contributed by atoms with Crippen molar-refractivity contribution in [3.63, 3.8) is 0 Å². The smallest absolute Gasteiger partial charge is 0.144 e. The summed E-state index contributed by atoms with van der Waals surface area (Å²) in [6.07, 6.45) is 0.753. The maximum atomic E-state index is 8.68. The minimum Gasteiger partial charge on any atom is -0.409 e. The number of halogens is 2. The monoisotopic (exact) mass is 333 g/mol. The van der Waals surface area contributed by atoms with Crippen molar-refractivity contribution in [2.24, 2.45) is 16.3 Å². The van der Waals surface area contributed by atoms with E-state index in [0.717, 1.165) is 23.1 Å². The predicted molar refractivity (Wildman–Crippen MR) is 79.4 cm³/mol. The van der Waals surface area contributed by atoms with E-state index in [1.54, 1.807) is 0 Å². The van der Waals surface area contributed by atoms with Crippen LogP contribution in [0.1, 0.15) is 20.3 Å². The lowest BCUT2D eigenvalue weighted by Crippen LogP contribution is -2.33. The standard InChI is InChI=1S/C12H17BrClN3O/c1-12(2,11(15)17-18)5-6-16-8-3-4-10(14)9(13)7-8/h3-4,7,16,18H,5-6H2,1-2H3,(H2,15,17). The molecule has 0 aliphatic rings. The Labute approximate surface area is 120 Å². The summed E-state index contributed by atoms with van der Waals surface area (Å²) in [5, 5.41) is 15.7. The van der Waals surface area contributed by atoms with Gasteiger partial charge >= 0.3 is 0 Å². The normalized spacial score (nSPS) is 12.6. The van der Waals surface area contributed by atoms with E-state index in [1.807, 2.05) is 32.0 Å². The Bertz CT molecular complexity index is 449. The van der Waals surface area contributed by atoms with Crippen LogP contribution in [0.4, 0.5) is 5.69 Å². The van der Waals surface area contributed by atoms with Crippen molar-refractivity contribution in [3.8, 4) is 0 Å². The number of rotatable bonds is 5. The molecule has 4 N–H and O–H groups in total. The molecule has 0 unspecified atom stereocenters. The molecule has 1 rings (SSSR count). The zero-order valence-corrected chi connectivity index (χ0v) is 12.7. The van der Waals surface area contributed by atoms with Crippen LogP contribution in [0.2, 0.25) is 5.02 Å². The van der Waals surface area contributed by atoms with Crippen molar-refractivity contribution in [3.05, 3.63) is 27.7 Å². The molecule has 0 radical (unpaired) electrons. The summed E-state index contributed by atoms with van der Waals surface area (Å²) in [5.41, 5.74) is 6.25. The molecule has 0 atom stereocenters. The van der Waals surface area contributed by atoms with Gasteiger partial charge in [0.2, 0.25) is 0 Å². The Kier molecular flexibility index (Phi) is 5.28. The van der Waals surface area contributed by atoms with Crippen molar-refractivity contribution in [2.75, 3.05) is 11.9 Å². The van der Waals surface area contributed by atoms with Gasteiger partial charge in [0.1, 0.15) is 5.84 Å². The topological polar surface area (TPSA) is 70.6 Å². The summed E-state index contributed by atoms with van der Waals surface area (Å²) in [6.45, 7) is 4.58. The molecule has 0 aliphatic carbocycles. The van der Waals surface area contributed by atoms with Crippen LogP contribution in [0.5, 0.6) is 0 Å². The highest BCUT2D eigenvalue weighted by Crippen LogP contribution is 2.26. The summed E-state index contributed by atoms with van der Waals surface area (Å²) in [4.78, 5) is 0. The number of amidine groups is 1. The number of nitrogens with two attached hydrogens (primary N) is 1. The number of oxime groups is 1. The predicted octanol–water partition coefficient (Wildman–Crippen LogP) is 3.68. The van der Waals surface area contributed by atoms with Gasteiger partial charge in [-0.3, -0.25) is 0 Å². The largest absolute Gasteiger partial charge is 0.409 e. The molecule has 0 amide bonds. The second-order valence-electron chi connectivity index (χ2n) is 4.67. The van der Waals surface area contributed by atoms with Gasteiger partial charge in [0.25, 0.3) is 0 Å². The Morgan fingerprint density at radius 3 is 2.78 bits per heavy atom. The fourth-order valence-electron chi connectivity index (χ4n) is 1.39. The molecule has 100 valence electrons. The molecule has 0 fully saturated rings. The molecular formula is C12H17BrClN3O. The lowest BCUT2D eigenvalue weighted by molar-refractivity contribution is 0.306. The van der Waals surface area contributed by atoms with Gasteiger partial charge < -0.3 is 16.3 Å². The van der Waals surface area contributed by atoms with Crippen molar-refractivity contribution in [1.29, 1.82) is 0 Å². The molecule has 1 aromatic rings. The first-order chi connectivity index (χ1) is 8.36. The first kappa shape index (κ1) is 15.1. The molecule has 1 aromatic carbocycles. The van der Waals surface area contributed by atoms with Gasteiger partial charge in [-0.25, -0.2) is 0 Å². The number of nitrogens with zero attached hydrogens (tertiary/aromatic N) is 1. The average molecular weight is 335 g/mol. The van der Waals surface area contributed by atoms with Gasteiger partial charge in [0, 0.05) is 22.1 Å². The first-order valence-electron chi connectivity index (χ1n) is 5.54. The zero-order chi connectivity index (χ0) is 13.8. The van der Waals surface area contributed by atoms with E-state index in [-0.39, 0.29) is 11.3 Å². The zero-order valence-electron chi connectivity index (χ0n) is 10.4. The van der Waals surface area contributed by atoms with E-state index < -0.39 is 0 Å². The fourth-order valence-corrected chi connectivity index (χ4v) is 1.89. The maximum absolute atomic E-state index is 8.68. The second-order valence-corrected chi connectivity index (χ2v) is 5.94. The number of hydrogen-bond acceptors (Lipinski definition) is 3. The van der Waals surface area contributed by atoms with E-state index in [0.29, 0.717) is 5.02 Å². The highest BCUT2D eigenvalue weighted by atomic mass is 79.9. The molecule has 0 spiro atoms. The van der Waals surface area contributed by atoms with Gasteiger partial charge in [-0.05, 0) is 40.5 Å². The van der Waals surface area contributed by atoms with Crippen molar-refractivity contribution in [2.45, 2.75) is 20.3 Å². The molecule has 0 aromatic heterocycles. The number of hydrogen-bond donors (Lipinski definition) is 3. The molecule has 0 heterocycles. The highest BCUT2D eigenvalue weighted by Gasteiger charge is 2.22. The molecule has 4 nitrogen and oxygen atoms in total. The van der Waals surface area contributed by atoms with E-state index >= 15 is 0 Å². The third-order valence-electron chi connectivity index (χ3n) is 2.80. The number of anilines is 1. The number of nitrogens with one attached hydrogen (secondary N) is 1. The summed E-state index contributed by atoms with van der Waals surface area (Å²) in [7, 11) is 0. The molecule has 18 heavy (non-hydrogen) atoms. The van der Waals surface area contributed by atoms with Crippen LogP contribution in [0.15, 0.2) is 27.8 Å². The van der Waals surface area contributed by atoms with Gasteiger partial charge in [-0.15, -0.1) is 0 Å². The second kappa shape index (κ2) is 6.29. The fraction of sp³-hybridized carbons (Fsp3) is 0.417. The van der Waals surface area contributed by atoms with E-state index in [4.69, 9.17) is 22.5 Å². The highest BCUT2D eigenvalue weighted by molar-refractivity contribution is 9.10. The van der Waals surface area contributed by atoms with Gasteiger partial charge in [0.05, 0.1) is 5.02 Å². The molecular weight excluding hydrogens is 318 g/mol. The van der Waals surface area contributed by atoms with Crippen LogP contribution in [-0.2, 0) is 0 Å². The summed E-state index contributed by atoms with van der Waals surface area (Å²) in [5.74, 6) is 0.238. The maximum Gasteiger partial charge on any atom is 0.144 e. The third-order valence-corrected chi connectivity index (χ3v) is 4.01. The molecule has 0 aliphatic heterocycles. The molecule has 0 saturated heterocycles. The van der Waals surface area contributed by atoms with Crippen LogP contribution < -0.4 is 11.1 Å².